The van der Waals surface area contributed by atoms with Gasteiger partial charge < -0.3 is 15.1 Å². The van der Waals surface area contributed by atoms with E-state index in [9.17, 15) is 36.6 Å². The van der Waals surface area contributed by atoms with E-state index in [4.69, 9.17) is 0 Å². The van der Waals surface area contributed by atoms with Crippen molar-refractivity contribution in [1.82, 2.24) is 14.3 Å². The predicted molar refractivity (Wildman–Crippen MR) is 109 cm³/mol. The first kappa shape index (κ1) is 21.9. The van der Waals surface area contributed by atoms with Crippen LogP contribution in [0.1, 0.15) is 18.2 Å². The van der Waals surface area contributed by atoms with Crippen LogP contribution in [0.15, 0.2) is 22.1 Å². The maximum absolute atomic E-state index is 12.5. The van der Waals surface area contributed by atoms with E-state index >= 15 is 0 Å². The van der Waals surface area contributed by atoms with Gasteiger partial charge in [0.05, 0.1) is 16.8 Å². The molecule has 31 heavy (non-hydrogen) atoms. The van der Waals surface area contributed by atoms with Gasteiger partial charge >= 0.3 is 5.97 Å². The summed E-state index contributed by atoms with van der Waals surface area (Å²) < 4.78 is 49.8. The molecule has 1 fully saturated rings. The number of nitrogens with zero attached hydrogens (tertiary/aromatic N) is 3. The van der Waals surface area contributed by atoms with Crippen LogP contribution < -0.4 is 0 Å². The van der Waals surface area contributed by atoms with E-state index < -0.39 is 59.6 Å². The first-order valence-electron chi connectivity index (χ1n) is 9.12. The van der Waals surface area contributed by atoms with Crippen molar-refractivity contribution in [1.29, 1.82) is 0 Å². The van der Waals surface area contributed by atoms with Crippen molar-refractivity contribution < 1.29 is 36.6 Å². The van der Waals surface area contributed by atoms with Crippen molar-refractivity contribution in [3.05, 3.63) is 16.8 Å². The number of hydrogen-bond donors (Lipinski definition) is 2. The Balaban J connectivity index is 1.96. The highest BCUT2D eigenvalue weighted by molar-refractivity contribution is 7.91. The van der Waals surface area contributed by atoms with Crippen LogP contribution in [0.4, 0.5) is 0 Å². The van der Waals surface area contributed by atoms with Gasteiger partial charge in [0.25, 0.3) is 0 Å². The quantitative estimate of drug-likeness (QED) is 0.526. The van der Waals surface area contributed by atoms with Gasteiger partial charge in [-0.25, -0.2) is 26.6 Å². The van der Waals surface area contributed by atoms with Crippen LogP contribution in [0.5, 0.6) is 0 Å². The van der Waals surface area contributed by atoms with E-state index in [2.05, 4.69) is 4.98 Å². The van der Waals surface area contributed by atoms with Gasteiger partial charge in [0.2, 0.25) is 20.9 Å². The third kappa shape index (κ3) is 3.11. The van der Waals surface area contributed by atoms with Crippen LogP contribution in [0.2, 0.25) is 0 Å². The number of amides is 1. The van der Waals surface area contributed by atoms with Gasteiger partial charge in [-0.05, 0) is 6.42 Å². The average molecular weight is 490 g/mol. The predicted octanol–water partition coefficient (Wildman–Crippen LogP) is -0.142. The Bertz CT molecular complexity index is 1320. The van der Waals surface area contributed by atoms with Crippen molar-refractivity contribution in [2.24, 2.45) is 11.8 Å². The lowest BCUT2D eigenvalue weighted by Gasteiger charge is -2.45. The molecule has 3 atom stereocenters. The zero-order chi connectivity index (χ0) is 23.0. The number of rotatable bonds is 6. The van der Waals surface area contributed by atoms with E-state index in [-0.39, 0.29) is 23.6 Å². The molecular formula is C17H19N3O8S3. The van der Waals surface area contributed by atoms with Gasteiger partial charge in [-0.15, -0.1) is 11.3 Å². The van der Waals surface area contributed by atoms with Crippen LogP contribution in [0.25, 0.3) is 10.4 Å². The van der Waals surface area contributed by atoms with E-state index in [1.165, 1.54) is 11.1 Å². The molecule has 2 aliphatic rings. The van der Waals surface area contributed by atoms with Gasteiger partial charge in [-0.1, -0.05) is 6.92 Å². The number of carboxylic acid groups (broad SMARTS) is 1. The molecule has 168 valence electrons. The molecule has 0 bridgehead atoms. The molecule has 4 rings (SSSR count). The summed E-state index contributed by atoms with van der Waals surface area (Å²) in [7, 11) is -7.75. The van der Waals surface area contributed by atoms with Crippen molar-refractivity contribution in [3.8, 4) is 0 Å². The summed E-state index contributed by atoms with van der Waals surface area (Å²) >= 11 is 0.906. The van der Waals surface area contributed by atoms with Gasteiger partial charge in [0.1, 0.15) is 10.5 Å². The minimum Gasteiger partial charge on any atom is -0.477 e. The van der Waals surface area contributed by atoms with Crippen LogP contribution in [-0.4, -0.2) is 78.4 Å². The van der Waals surface area contributed by atoms with Crippen molar-refractivity contribution in [2.45, 2.75) is 29.6 Å². The number of aliphatic hydroxyl groups is 1. The van der Waals surface area contributed by atoms with E-state index in [0.717, 1.165) is 28.2 Å². The largest absolute Gasteiger partial charge is 0.477 e. The fraction of sp³-hybridized carbons (Fsp3) is 0.471. The molecule has 2 aromatic heterocycles. The minimum atomic E-state index is -3.89. The number of β-lactam (4-membered cyclic amide) rings is 1. The average Bonchev–Trinajstić information content (AvgIpc) is 3.25. The second-order valence-corrected chi connectivity index (χ2v) is 12.6. The molecule has 2 aromatic rings. The van der Waals surface area contributed by atoms with E-state index in [0.29, 0.717) is 10.5 Å². The maximum atomic E-state index is 12.5. The summed E-state index contributed by atoms with van der Waals surface area (Å²) in [4.78, 5) is 29.9. The summed E-state index contributed by atoms with van der Waals surface area (Å²) in [5, 5.41) is 18.2. The first-order chi connectivity index (χ1) is 14.3. The Labute approximate surface area is 181 Å². The second-order valence-electron chi connectivity index (χ2n) is 7.69. The number of sulfone groups is 2. The molecule has 0 radical (unpaired) electrons. The molecule has 2 aliphatic heterocycles. The van der Waals surface area contributed by atoms with E-state index in [1.54, 1.807) is 6.92 Å². The van der Waals surface area contributed by atoms with Crippen molar-refractivity contribution >= 4 is 53.3 Å². The molecule has 4 heterocycles. The first-order valence-corrected chi connectivity index (χ1v) is 13.7. The number of carbonyl (C=O) groups excluding carboxylic acids is 1. The Kier molecular flexibility index (Phi) is 4.85. The lowest BCUT2D eigenvalue weighted by atomic mass is 9.79. The molecule has 0 unspecified atom stereocenters. The zero-order valence-corrected chi connectivity index (χ0v) is 19.1. The molecule has 0 saturated carbocycles. The van der Waals surface area contributed by atoms with Gasteiger partial charge in [0.15, 0.2) is 14.9 Å². The number of aliphatic hydroxyl groups excluding tert-OH is 1. The van der Waals surface area contributed by atoms with Crippen LogP contribution >= 0.6 is 11.3 Å². The smallest absolute Gasteiger partial charge is 0.352 e. The molecule has 1 saturated heterocycles. The third-order valence-electron chi connectivity index (χ3n) is 5.58. The Morgan fingerprint density at radius 1 is 1.23 bits per heavy atom. The fourth-order valence-electron chi connectivity index (χ4n) is 4.37. The minimum absolute atomic E-state index is 0.0508. The van der Waals surface area contributed by atoms with Crippen LogP contribution in [0.3, 0.4) is 0 Å². The molecule has 11 nitrogen and oxygen atoms in total. The van der Waals surface area contributed by atoms with E-state index in [1.807, 2.05) is 0 Å². The maximum Gasteiger partial charge on any atom is 0.352 e. The van der Waals surface area contributed by atoms with Gasteiger partial charge in [-0.3, -0.25) is 9.20 Å². The summed E-state index contributed by atoms with van der Waals surface area (Å²) in [6.07, 6.45) is 3.36. The lowest BCUT2D eigenvalue weighted by molar-refractivity contribution is -0.157. The number of thiazole rings is 1. The lowest BCUT2D eigenvalue weighted by Crippen LogP contribution is -2.60. The number of carboxylic acids is 1. The number of fused-ring (bicyclic) bond motifs is 2. The van der Waals surface area contributed by atoms with Gasteiger partial charge in [-0.2, -0.15) is 0 Å². The Morgan fingerprint density at radius 3 is 2.39 bits per heavy atom. The Morgan fingerprint density at radius 2 is 1.87 bits per heavy atom. The highest BCUT2D eigenvalue weighted by atomic mass is 32.2. The zero-order valence-electron chi connectivity index (χ0n) is 16.6. The molecule has 1 amide bonds. The molecular weight excluding hydrogens is 470 g/mol. The Hall–Kier alpha value is -2.29. The molecule has 0 aliphatic carbocycles. The van der Waals surface area contributed by atoms with Crippen molar-refractivity contribution in [3.63, 3.8) is 0 Å². The summed E-state index contributed by atoms with van der Waals surface area (Å²) in [5.74, 6) is -2.64. The summed E-state index contributed by atoms with van der Waals surface area (Å²) in [5.41, 5.74) is 0.106. The normalized spacial score (nSPS) is 24.1. The number of aromatic nitrogens is 2. The molecule has 0 aromatic carbocycles. The van der Waals surface area contributed by atoms with Gasteiger partial charge in [0, 0.05) is 36.8 Å². The SMILES string of the molecule is C[C@H]1C(c2cn3c(S(C)(=O)=O)nc(S(C)(=O)=O)c3s2)=C(C(=O)O)N2C(=O)[C@@H](CCO)[C@@H]12. The van der Waals surface area contributed by atoms with Crippen LogP contribution in [-0.2, 0) is 29.3 Å². The number of carbonyl (C=O) groups is 2. The van der Waals surface area contributed by atoms with Crippen LogP contribution in [0, 0.1) is 11.8 Å². The monoisotopic (exact) mass is 489 g/mol. The summed E-state index contributed by atoms with van der Waals surface area (Å²) in [6, 6.07) is -0.441. The third-order valence-corrected chi connectivity index (χ3v) is 8.77. The number of imidazole rings is 1. The number of hydrogen-bond acceptors (Lipinski definition) is 9. The second kappa shape index (κ2) is 6.85. The number of aliphatic carboxylic acids is 1. The highest BCUT2D eigenvalue weighted by Crippen LogP contribution is 2.51. The molecule has 2 N–H and O–H groups in total. The van der Waals surface area contributed by atoms with Crippen molar-refractivity contribution in [2.75, 3.05) is 19.1 Å². The highest BCUT2D eigenvalue weighted by Gasteiger charge is 2.58. The standard InChI is InChI=1S/C17H19N3O8S3/c1-7-10(12(16(23)24)20-11(7)8(4-5-21)14(20)22)9-6-19-15(29-9)13(30(2,25)26)18-17(19)31(3,27)28/h6-8,11,21H,4-5H2,1-3H3,(H,23,24)/t7-,8-,11+/m0/s1. The summed E-state index contributed by atoms with van der Waals surface area (Å²) in [6.45, 7) is 1.54. The molecule has 14 heteroatoms. The molecule has 0 spiro atoms. The fourth-order valence-corrected chi connectivity index (χ4v) is 7.62. The topological polar surface area (TPSA) is 163 Å².